The van der Waals surface area contributed by atoms with E-state index in [9.17, 15) is 4.79 Å². The summed E-state index contributed by atoms with van der Waals surface area (Å²) in [4.78, 5) is 14.2. The molecular formula is C9H9ClN2O2. The number of anilines is 1. The van der Waals surface area contributed by atoms with E-state index in [2.05, 4.69) is 16.9 Å². The fourth-order valence-corrected chi connectivity index (χ4v) is 0.922. The summed E-state index contributed by atoms with van der Waals surface area (Å²) in [5.41, 5.74) is 0.648. The highest BCUT2D eigenvalue weighted by Gasteiger charge is 2.04. The van der Waals surface area contributed by atoms with Crippen LogP contribution in [0.5, 0.6) is 0 Å². The number of nitrogens with one attached hydrogen (secondary N) is 1. The molecule has 1 rings (SSSR count). The molecule has 0 saturated heterocycles. The lowest BCUT2D eigenvalue weighted by Gasteiger charge is -2.04. The lowest BCUT2D eigenvalue weighted by molar-refractivity contribution is 0.0690. The van der Waals surface area contributed by atoms with E-state index in [-0.39, 0.29) is 5.69 Å². The van der Waals surface area contributed by atoms with Crippen LogP contribution in [-0.2, 0) is 0 Å². The van der Waals surface area contributed by atoms with Gasteiger partial charge in [0, 0.05) is 16.9 Å². The fourth-order valence-electron chi connectivity index (χ4n) is 0.855. The Morgan fingerprint density at radius 2 is 2.43 bits per heavy atom. The molecule has 1 heterocycles. The minimum Gasteiger partial charge on any atom is -0.477 e. The molecule has 0 atom stereocenters. The van der Waals surface area contributed by atoms with Crippen molar-refractivity contribution < 1.29 is 9.90 Å². The number of carboxylic acids is 1. The number of hydrogen-bond donors (Lipinski definition) is 2. The predicted molar refractivity (Wildman–Crippen MR) is 54.7 cm³/mol. The fraction of sp³-hybridized carbons (Fsp3) is 0.111. The minimum atomic E-state index is -1.06. The third-order valence-corrected chi connectivity index (χ3v) is 1.60. The Balaban J connectivity index is 2.73. The van der Waals surface area contributed by atoms with E-state index in [4.69, 9.17) is 16.7 Å². The van der Waals surface area contributed by atoms with Crippen molar-refractivity contribution in [2.75, 3.05) is 11.9 Å². The van der Waals surface area contributed by atoms with Gasteiger partial charge in [-0.25, -0.2) is 9.78 Å². The summed E-state index contributed by atoms with van der Waals surface area (Å²) < 4.78 is 0. The third-order valence-electron chi connectivity index (χ3n) is 1.46. The van der Waals surface area contributed by atoms with Gasteiger partial charge < -0.3 is 10.4 Å². The standard InChI is InChI=1S/C9H9ClN2O2/c1-6(10)5-12-7-2-3-11-8(4-7)9(13)14/h2-4H,1,5H2,(H,11,12)(H,13,14). The Hall–Kier alpha value is -1.55. The van der Waals surface area contributed by atoms with Gasteiger partial charge in [0.15, 0.2) is 0 Å². The highest BCUT2D eigenvalue weighted by molar-refractivity contribution is 6.29. The molecule has 14 heavy (non-hydrogen) atoms. The van der Waals surface area contributed by atoms with Crippen molar-refractivity contribution in [3.63, 3.8) is 0 Å². The molecule has 0 saturated carbocycles. The van der Waals surface area contributed by atoms with E-state index in [0.717, 1.165) is 0 Å². The molecule has 0 spiro atoms. The van der Waals surface area contributed by atoms with Gasteiger partial charge in [0.1, 0.15) is 5.69 Å². The normalized spacial score (nSPS) is 9.50. The first-order valence-corrected chi connectivity index (χ1v) is 4.24. The van der Waals surface area contributed by atoms with Gasteiger partial charge in [0.2, 0.25) is 0 Å². The van der Waals surface area contributed by atoms with Crippen molar-refractivity contribution in [3.05, 3.63) is 35.6 Å². The van der Waals surface area contributed by atoms with E-state index in [1.54, 1.807) is 6.07 Å². The molecule has 0 radical (unpaired) electrons. The van der Waals surface area contributed by atoms with Crippen LogP contribution < -0.4 is 5.32 Å². The monoisotopic (exact) mass is 212 g/mol. The maximum Gasteiger partial charge on any atom is 0.354 e. The Morgan fingerprint density at radius 1 is 1.71 bits per heavy atom. The summed E-state index contributed by atoms with van der Waals surface area (Å²) in [5, 5.41) is 12.0. The first-order chi connectivity index (χ1) is 6.59. The average molecular weight is 213 g/mol. The molecule has 0 bridgehead atoms. The van der Waals surface area contributed by atoms with Crippen LogP contribution in [0.2, 0.25) is 0 Å². The SMILES string of the molecule is C=C(Cl)CNc1ccnc(C(=O)O)c1. The summed E-state index contributed by atoms with van der Waals surface area (Å²) in [5.74, 6) is -1.06. The Labute approximate surface area is 86.2 Å². The second-order valence-corrected chi connectivity index (χ2v) is 3.14. The second kappa shape index (κ2) is 4.62. The topological polar surface area (TPSA) is 62.2 Å². The van der Waals surface area contributed by atoms with Crippen LogP contribution in [0.1, 0.15) is 10.5 Å². The summed E-state index contributed by atoms with van der Waals surface area (Å²) in [6, 6.07) is 3.09. The number of aromatic carboxylic acids is 1. The van der Waals surface area contributed by atoms with Gasteiger partial charge in [-0.15, -0.1) is 0 Å². The van der Waals surface area contributed by atoms with Gasteiger partial charge in [-0.1, -0.05) is 18.2 Å². The van der Waals surface area contributed by atoms with Crippen LogP contribution in [-0.4, -0.2) is 22.6 Å². The Kier molecular flexibility index (Phi) is 3.48. The zero-order chi connectivity index (χ0) is 10.6. The molecule has 0 aliphatic rings. The van der Waals surface area contributed by atoms with E-state index < -0.39 is 5.97 Å². The van der Waals surface area contributed by atoms with E-state index in [1.807, 2.05) is 0 Å². The first kappa shape index (κ1) is 10.5. The zero-order valence-electron chi connectivity index (χ0n) is 7.33. The number of nitrogens with zero attached hydrogens (tertiary/aromatic N) is 1. The largest absolute Gasteiger partial charge is 0.477 e. The smallest absolute Gasteiger partial charge is 0.354 e. The molecule has 0 fully saturated rings. The van der Waals surface area contributed by atoms with Gasteiger partial charge in [-0.2, -0.15) is 0 Å². The van der Waals surface area contributed by atoms with Crippen molar-refractivity contribution in [1.82, 2.24) is 4.98 Å². The van der Waals surface area contributed by atoms with E-state index in [1.165, 1.54) is 12.3 Å². The van der Waals surface area contributed by atoms with Crippen LogP contribution in [0.4, 0.5) is 5.69 Å². The van der Waals surface area contributed by atoms with Gasteiger partial charge in [0.25, 0.3) is 0 Å². The molecule has 74 valence electrons. The first-order valence-electron chi connectivity index (χ1n) is 3.86. The van der Waals surface area contributed by atoms with Crippen molar-refractivity contribution in [1.29, 1.82) is 0 Å². The quantitative estimate of drug-likeness (QED) is 0.801. The van der Waals surface area contributed by atoms with Gasteiger partial charge in [0.05, 0.1) is 6.54 Å². The highest BCUT2D eigenvalue weighted by atomic mass is 35.5. The molecule has 5 heteroatoms. The molecule has 0 aliphatic heterocycles. The highest BCUT2D eigenvalue weighted by Crippen LogP contribution is 2.09. The maximum absolute atomic E-state index is 10.6. The number of hydrogen-bond acceptors (Lipinski definition) is 3. The van der Waals surface area contributed by atoms with Crippen molar-refractivity contribution in [3.8, 4) is 0 Å². The van der Waals surface area contributed by atoms with Crippen molar-refractivity contribution >= 4 is 23.3 Å². The molecule has 0 aliphatic carbocycles. The van der Waals surface area contributed by atoms with E-state index in [0.29, 0.717) is 17.3 Å². The number of rotatable bonds is 4. The molecule has 0 unspecified atom stereocenters. The van der Waals surface area contributed by atoms with Crippen LogP contribution in [0.15, 0.2) is 29.9 Å². The van der Waals surface area contributed by atoms with E-state index >= 15 is 0 Å². The Morgan fingerprint density at radius 3 is 3.00 bits per heavy atom. The molecule has 0 amide bonds. The zero-order valence-corrected chi connectivity index (χ0v) is 8.08. The molecule has 1 aromatic rings. The third kappa shape index (κ3) is 3.06. The Bertz CT molecular complexity index is 366. The molecular weight excluding hydrogens is 204 g/mol. The molecule has 0 aromatic carbocycles. The van der Waals surface area contributed by atoms with Gasteiger partial charge in [-0.05, 0) is 12.1 Å². The van der Waals surface area contributed by atoms with Crippen molar-refractivity contribution in [2.24, 2.45) is 0 Å². The van der Waals surface area contributed by atoms with Crippen molar-refractivity contribution in [2.45, 2.75) is 0 Å². The molecule has 1 aromatic heterocycles. The molecule has 2 N–H and O–H groups in total. The number of aromatic nitrogens is 1. The summed E-state index contributed by atoms with van der Waals surface area (Å²) in [6.45, 7) is 3.89. The second-order valence-electron chi connectivity index (χ2n) is 2.61. The number of pyridine rings is 1. The maximum atomic E-state index is 10.6. The molecule has 4 nitrogen and oxygen atoms in total. The minimum absolute atomic E-state index is 0.00446. The van der Waals surface area contributed by atoms with Crippen LogP contribution in [0.25, 0.3) is 0 Å². The number of carboxylic acid groups (broad SMARTS) is 1. The average Bonchev–Trinajstić information content (AvgIpc) is 2.15. The summed E-state index contributed by atoms with van der Waals surface area (Å²) in [7, 11) is 0. The predicted octanol–water partition coefficient (Wildman–Crippen LogP) is 1.94. The van der Waals surface area contributed by atoms with Gasteiger partial charge in [-0.3, -0.25) is 0 Å². The summed E-state index contributed by atoms with van der Waals surface area (Å²) in [6.07, 6.45) is 1.42. The van der Waals surface area contributed by atoms with Gasteiger partial charge >= 0.3 is 5.97 Å². The number of halogens is 1. The lowest BCUT2D eigenvalue weighted by Crippen LogP contribution is -2.04. The lowest BCUT2D eigenvalue weighted by atomic mass is 10.3. The summed E-state index contributed by atoms with van der Waals surface area (Å²) >= 11 is 5.54. The number of carbonyl (C=O) groups is 1. The van der Waals surface area contributed by atoms with Crippen LogP contribution >= 0.6 is 11.6 Å². The van der Waals surface area contributed by atoms with Crippen LogP contribution in [0.3, 0.4) is 0 Å². The van der Waals surface area contributed by atoms with Crippen LogP contribution in [0, 0.1) is 0 Å².